The minimum absolute atomic E-state index is 0.578. The molecule has 0 aliphatic heterocycles. The Morgan fingerprint density at radius 1 is 1.33 bits per heavy atom. The van der Waals surface area contributed by atoms with E-state index in [1.165, 1.54) is 0 Å². The Balaban J connectivity index is 2.25. The van der Waals surface area contributed by atoms with Crippen LogP contribution in [0.3, 0.4) is 0 Å². The third-order valence-corrected chi connectivity index (χ3v) is 2.38. The molecule has 0 bridgehead atoms. The molecule has 18 heavy (non-hydrogen) atoms. The molecule has 0 fully saturated rings. The van der Waals surface area contributed by atoms with Crippen LogP contribution in [0.2, 0.25) is 0 Å². The van der Waals surface area contributed by atoms with Crippen molar-refractivity contribution in [3.8, 4) is 5.88 Å². The van der Waals surface area contributed by atoms with Crippen molar-refractivity contribution in [2.75, 3.05) is 11.9 Å². The standard InChI is InChI=1S/C12H17N5O/c1-5-18-12-6-11(13-9(3)14-12)15-10-7-17(4)16-8(10)2/h6-7H,5H2,1-4H3,(H,13,14,15). The molecule has 6 heteroatoms. The first-order valence-electron chi connectivity index (χ1n) is 5.84. The summed E-state index contributed by atoms with van der Waals surface area (Å²) in [5, 5.41) is 7.49. The van der Waals surface area contributed by atoms with Crippen molar-refractivity contribution in [3.05, 3.63) is 23.8 Å². The van der Waals surface area contributed by atoms with Crippen molar-refractivity contribution in [2.24, 2.45) is 7.05 Å². The fraction of sp³-hybridized carbons (Fsp3) is 0.417. The monoisotopic (exact) mass is 247 g/mol. The van der Waals surface area contributed by atoms with Gasteiger partial charge in [-0.3, -0.25) is 4.68 Å². The molecule has 96 valence electrons. The molecule has 1 N–H and O–H groups in total. The molecular formula is C12H17N5O. The first kappa shape index (κ1) is 12.3. The Morgan fingerprint density at radius 3 is 2.72 bits per heavy atom. The van der Waals surface area contributed by atoms with Crippen LogP contribution in [0.5, 0.6) is 5.88 Å². The predicted molar refractivity (Wildman–Crippen MR) is 69.2 cm³/mol. The van der Waals surface area contributed by atoms with Crippen LogP contribution >= 0.6 is 0 Å². The Morgan fingerprint density at radius 2 is 2.11 bits per heavy atom. The van der Waals surface area contributed by atoms with Crippen molar-refractivity contribution in [1.29, 1.82) is 0 Å². The minimum Gasteiger partial charge on any atom is -0.478 e. The molecule has 0 radical (unpaired) electrons. The van der Waals surface area contributed by atoms with Crippen LogP contribution in [-0.2, 0) is 7.05 Å². The van der Waals surface area contributed by atoms with E-state index >= 15 is 0 Å². The number of aryl methyl sites for hydroxylation is 3. The van der Waals surface area contributed by atoms with E-state index in [1.807, 2.05) is 34.0 Å². The van der Waals surface area contributed by atoms with Crippen molar-refractivity contribution >= 4 is 11.5 Å². The SMILES string of the molecule is CCOc1cc(Nc2cn(C)nc2C)nc(C)n1. The van der Waals surface area contributed by atoms with Crippen LogP contribution in [0.4, 0.5) is 11.5 Å². The number of hydrogen-bond donors (Lipinski definition) is 1. The van der Waals surface area contributed by atoms with Crippen LogP contribution in [0, 0.1) is 13.8 Å². The number of nitrogens with zero attached hydrogens (tertiary/aromatic N) is 4. The van der Waals surface area contributed by atoms with Gasteiger partial charge in [0.05, 0.1) is 18.0 Å². The highest BCUT2D eigenvalue weighted by Gasteiger charge is 2.06. The van der Waals surface area contributed by atoms with Crippen LogP contribution in [0.15, 0.2) is 12.3 Å². The molecule has 0 spiro atoms. The number of nitrogens with one attached hydrogen (secondary N) is 1. The summed E-state index contributed by atoms with van der Waals surface area (Å²) in [6, 6.07) is 1.78. The molecule has 0 amide bonds. The molecule has 0 aromatic carbocycles. The van der Waals surface area contributed by atoms with Crippen molar-refractivity contribution in [3.63, 3.8) is 0 Å². The van der Waals surface area contributed by atoms with Gasteiger partial charge in [-0.2, -0.15) is 10.1 Å². The van der Waals surface area contributed by atoms with Crippen LogP contribution in [0.25, 0.3) is 0 Å². The maximum absolute atomic E-state index is 5.39. The van der Waals surface area contributed by atoms with Gasteiger partial charge in [-0.15, -0.1) is 0 Å². The summed E-state index contributed by atoms with van der Waals surface area (Å²) < 4.78 is 7.15. The van der Waals surface area contributed by atoms with Gasteiger partial charge in [-0.1, -0.05) is 0 Å². The quantitative estimate of drug-likeness (QED) is 0.894. The van der Waals surface area contributed by atoms with Crippen molar-refractivity contribution in [2.45, 2.75) is 20.8 Å². The molecule has 6 nitrogen and oxygen atoms in total. The normalized spacial score (nSPS) is 10.4. The van der Waals surface area contributed by atoms with Gasteiger partial charge in [0.2, 0.25) is 5.88 Å². The summed E-state index contributed by atoms with van der Waals surface area (Å²) >= 11 is 0. The molecular weight excluding hydrogens is 230 g/mol. The molecule has 2 heterocycles. The molecule has 2 rings (SSSR count). The minimum atomic E-state index is 0.578. The van der Waals surface area contributed by atoms with E-state index in [9.17, 15) is 0 Å². The maximum Gasteiger partial charge on any atom is 0.218 e. The highest BCUT2D eigenvalue weighted by Crippen LogP contribution is 2.20. The van der Waals surface area contributed by atoms with Gasteiger partial charge < -0.3 is 10.1 Å². The van der Waals surface area contributed by atoms with E-state index < -0.39 is 0 Å². The molecule has 2 aromatic rings. The molecule has 0 saturated heterocycles. The molecule has 0 atom stereocenters. The van der Waals surface area contributed by atoms with Crippen molar-refractivity contribution in [1.82, 2.24) is 19.7 Å². The fourth-order valence-electron chi connectivity index (χ4n) is 1.69. The van der Waals surface area contributed by atoms with Crippen LogP contribution in [0.1, 0.15) is 18.4 Å². The van der Waals surface area contributed by atoms with Crippen LogP contribution < -0.4 is 10.1 Å². The summed E-state index contributed by atoms with van der Waals surface area (Å²) in [5.41, 5.74) is 1.85. The first-order valence-corrected chi connectivity index (χ1v) is 5.84. The van der Waals surface area contributed by atoms with Gasteiger partial charge >= 0.3 is 0 Å². The number of anilines is 2. The van der Waals surface area contributed by atoms with Gasteiger partial charge in [-0.25, -0.2) is 4.98 Å². The second-order valence-corrected chi connectivity index (χ2v) is 4.00. The zero-order chi connectivity index (χ0) is 13.1. The summed E-state index contributed by atoms with van der Waals surface area (Å²) in [6.45, 7) is 6.29. The Labute approximate surface area is 106 Å². The summed E-state index contributed by atoms with van der Waals surface area (Å²) in [4.78, 5) is 8.52. The molecule has 0 saturated carbocycles. The van der Waals surface area contributed by atoms with E-state index in [0.29, 0.717) is 24.1 Å². The lowest BCUT2D eigenvalue weighted by molar-refractivity contribution is 0.325. The third kappa shape index (κ3) is 2.77. The fourth-order valence-corrected chi connectivity index (χ4v) is 1.69. The Hall–Kier alpha value is -2.11. The second kappa shape index (κ2) is 5.03. The first-order chi connectivity index (χ1) is 8.58. The van der Waals surface area contributed by atoms with E-state index in [-0.39, 0.29) is 0 Å². The summed E-state index contributed by atoms with van der Waals surface area (Å²) in [5.74, 6) is 1.96. The molecule has 0 aliphatic rings. The topological polar surface area (TPSA) is 64.9 Å². The smallest absolute Gasteiger partial charge is 0.218 e. The van der Waals surface area contributed by atoms with Gasteiger partial charge in [-0.05, 0) is 20.8 Å². The number of aromatic nitrogens is 4. The zero-order valence-electron chi connectivity index (χ0n) is 11.1. The van der Waals surface area contributed by atoms with Gasteiger partial charge in [0.25, 0.3) is 0 Å². The van der Waals surface area contributed by atoms with E-state index in [1.54, 1.807) is 10.7 Å². The summed E-state index contributed by atoms with van der Waals surface area (Å²) in [7, 11) is 1.88. The number of hydrogen-bond acceptors (Lipinski definition) is 5. The van der Waals surface area contributed by atoms with E-state index in [4.69, 9.17) is 4.74 Å². The predicted octanol–water partition coefficient (Wildman–Crippen LogP) is 1.97. The molecule has 0 unspecified atom stereocenters. The largest absolute Gasteiger partial charge is 0.478 e. The van der Waals surface area contributed by atoms with E-state index in [2.05, 4.69) is 20.4 Å². The van der Waals surface area contributed by atoms with Crippen molar-refractivity contribution < 1.29 is 4.74 Å². The number of ether oxygens (including phenoxy) is 1. The summed E-state index contributed by atoms with van der Waals surface area (Å²) in [6.07, 6.45) is 1.91. The molecule has 2 aromatic heterocycles. The lowest BCUT2D eigenvalue weighted by Gasteiger charge is -2.07. The lowest BCUT2D eigenvalue weighted by Crippen LogP contribution is -2.01. The highest BCUT2D eigenvalue weighted by atomic mass is 16.5. The number of rotatable bonds is 4. The Bertz CT molecular complexity index is 549. The van der Waals surface area contributed by atoms with Gasteiger partial charge in [0, 0.05) is 19.3 Å². The average molecular weight is 247 g/mol. The average Bonchev–Trinajstić information content (AvgIpc) is 2.57. The highest BCUT2D eigenvalue weighted by molar-refractivity contribution is 5.58. The van der Waals surface area contributed by atoms with E-state index in [0.717, 1.165) is 11.4 Å². The molecule has 0 aliphatic carbocycles. The third-order valence-electron chi connectivity index (χ3n) is 2.38. The maximum atomic E-state index is 5.39. The lowest BCUT2D eigenvalue weighted by atomic mass is 10.4. The van der Waals surface area contributed by atoms with Gasteiger partial charge in [0.1, 0.15) is 11.6 Å². The zero-order valence-corrected chi connectivity index (χ0v) is 11.1. The second-order valence-electron chi connectivity index (χ2n) is 4.00. The van der Waals surface area contributed by atoms with Crippen LogP contribution in [-0.4, -0.2) is 26.4 Å². The Kier molecular flexibility index (Phi) is 3.45. The van der Waals surface area contributed by atoms with Gasteiger partial charge in [0.15, 0.2) is 0 Å².